The van der Waals surface area contributed by atoms with Gasteiger partial charge in [-0.15, -0.1) is 0 Å². The minimum Gasteiger partial charge on any atom is -0.392 e. The van der Waals surface area contributed by atoms with Crippen LogP contribution >= 0.6 is 0 Å². The summed E-state index contributed by atoms with van der Waals surface area (Å²) >= 11 is 0. The first-order chi connectivity index (χ1) is 8.20. The number of nitrogens with zero attached hydrogens (tertiary/aromatic N) is 3. The molecule has 0 bridgehead atoms. The van der Waals surface area contributed by atoms with Gasteiger partial charge < -0.3 is 14.9 Å². The molecule has 1 unspecified atom stereocenters. The SMILES string of the molecule is CN(CC1CCCN1C)c1cc(CO)ccn1. The molecule has 1 fully saturated rings. The molecule has 1 saturated heterocycles. The van der Waals surface area contributed by atoms with Gasteiger partial charge in [0.05, 0.1) is 6.61 Å². The van der Waals surface area contributed by atoms with Crippen molar-refractivity contribution in [3.8, 4) is 0 Å². The van der Waals surface area contributed by atoms with E-state index in [9.17, 15) is 0 Å². The molecule has 0 radical (unpaired) electrons. The van der Waals surface area contributed by atoms with Crippen LogP contribution in [0.2, 0.25) is 0 Å². The molecule has 0 saturated carbocycles. The van der Waals surface area contributed by atoms with Crippen LogP contribution < -0.4 is 4.90 Å². The quantitative estimate of drug-likeness (QED) is 0.848. The van der Waals surface area contributed by atoms with Gasteiger partial charge in [-0.3, -0.25) is 0 Å². The molecule has 0 aliphatic carbocycles. The van der Waals surface area contributed by atoms with Crippen molar-refractivity contribution in [2.75, 3.05) is 32.1 Å². The van der Waals surface area contributed by atoms with Gasteiger partial charge in [-0.25, -0.2) is 4.98 Å². The topological polar surface area (TPSA) is 39.6 Å². The predicted octanol–water partition coefficient (Wildman–Crippen LogP) is 1.10. The molecular formula is C13H21N3O. The Bertz CT molecular complexity index is 369. The summed E-state index contributed by atoms with van der Waals surface area (Å²) < 4.78 is 0. The number of pyridine rings is 1. The Morgan fingerprint density at radius 2 is 2.41 bits per heavy atom. The summed E-state index contributed by atoms with van der Waals surface area (Å²) in [6.45, 7) is 2.27. The van der Waals surface area contributed by atoms with Gasteiger partial charge in [0.15, 0.2) is 0 Å². The standard InChI is InChI=1S/C13H21N3O/c1-15-7-3-4-12(15)9-16(2)13-8-11(10-17)5-6-14-13/h5-6,8,12,17H,3-4,7,9-10H2,1-2H3. The number of likely N-dealkylation sites (tertiary alicyclic amines) is 1. The van der Waals surface area contributed by atoms with E-state index in [0.29, 0.717) is 6.04 Å². The van der Waals surface area contributed by atoms with E-state index < -0.39 is 0 Å². The minimum atomic E-state index is 0.0761. The van der Waals surface area contributed by atoms with Crippen LogP contribution in [0.4, 0.5) is 5.82 Å². The van der Waals surface area contributed by atoms with Gasteiger partial charge in [-0.2, -0.15) is 0 Å². The van der Waals surface area contributed by atoms with Crippen LogP contribution in [0, 0.1) is 0 Å². The molecule has 2 rings (SSSR count). The third-order valence-corrected chi connectivity index (χ3v) is 3.54. The van der Waals surface area contributed by atoms with Gasteiger partial charge in [0, 0.05) is 25.8 Å². The second-order valence-electron chi connectivity index (χ2n) is 4.84. The lowest BCUT2D eigenvalue weighted by molar-refractivity contribution is 0.281. The molecule has 0 aromatic carbocycles. The fraction of sp³-hybridized carbons (Fsp3) is 0.615. The van der Waals surface area contributed by atoms with E-state index in [2.05, 4.69) is 28.9 Å². The highest BCUT2D eigenvalue weighted by Crippen LogP contribution is 2.18. The first-order valence-electron chi connectivity index (χ1n) is 6.18. The molecule has 0 amide bonds. The number of aliphatic hydroxyl groups is 1. The largest absolute Gasteiger partial charge is 0.392 e. The number of aromatic nitrogens is 1. The Balaban J connectivity index is 2.00. The van der Waals surface area contributed by atoms with Gasteiger partial charge in [0.25, 0.3) is 0 Å². The van der Waals surface area contributed by atoms with Crippen molar-refractivity contribution < 1.29 is 5.11 Å². The maximum atomic E-state index is 9.12. The summed E-state index contributed by atoms with van der Waals surface area (Å²) in [4.78, 5) is 8.93. The van der Waals surface area contributed by atoms with Crippen LogP contribution in [0.5, 0.6) is 0 Å². The van der Waals surface area contributed by atoms with E-state index >= 15 is 0 Å². The zero-order valence-corrected chi connectivity index (χ0v) is 10.6. The Morgan fingerprint density at radius 3 is 3.06 bits per heavy atom. The summed E-state index contributed by atoms with van der Waals surface area (Å²) in [6.07, 6.45) is 4.31. The maximum absolute atomic E-state index is 9.12. The van der Waals surface area contributed by atoms with E-state index in [1.165, 1.54) is 19.4 Å². The third kappa shape index (κ3) is 2.96. The molecule has 4 nitrogen and oxygen atoms in total. The normalized spacial score (nSPS) is 20.8. The van der Waals surface area contributed by atoms with Crippen LogP contribution in [-0.4, -0.2) is 48.2 Å². The van der Waals surface area contributed by atoms with Crippen molar-refractivity contribution in [1.29, 1.82) is 0 Å². The molecule has 1 N–H and O–H groups in total. The minimum absolute atomic E-state index is 0.0761. The molecule has 17 heavy (non-hydrogen) atoms. The number of likely N-dealkylation sites (N-methyl/N-ethyl adjacent to an activating group) is 2. The lowest BCUT2D eigenvalue weighted by Crippen LogP contribution is -2.36. The van der Waals surface area contributed by atoms with Gasteiger partial charge in [0.2, 0.25) is 0 Å². The van der Waals surface area contributed by atoms with Crippen LogP contribution in [0.25, 0.3) is 0 Å². The summed E-state index contributed by atoms with van der Waals surface area (Å²) in [5, 5.41) is 9.12. The van der Waals surface area contributed by atoms with E-state index in [-0.39, 0.29) is 6.61 Å². The molecule has 1 aromatic rings. The maximum Gasteiger partial charge on any atom is 0.128 e. The lowest BCUT2D eigenvalue weighted by Gasteiger charge is -2.26. The second-order valence-corrected chi connectivity index (χ2v) is 4.84. The number of aliphatic hydroxyl groups excluding tert-OH is 1. The highest BCUT2D eigenvalue weighted by atomic mass is 16.3. The number of rotatable bonds is 4. The molecule has 4 heteroatoms. The highest BCUT2D eigenvalue weighted by Gasteiger charge is 2.22. The van der Waals surface area contributed by atoms with Crippen LogP contribution in [-0.2, 0) is 6.61 Å². The number of anilines is 1. The van der Waals surface area contributed by atoms with E-state index in [1.807, 2.05) is 12.1 Å². The van der Waals surface area contributed by atoms with E-state index in [1.54, 1.807) is 6.20 Å². The van der Waals surface area contributed by atoms with Crippen LogP contribution in [0.3, 0.4) is 0 Å². The Kier molecular flexibility index (Phi) is 3.97. The average molecular weight is 235 g/mol. The van der Waals surface area contributed by atoms with Crippen molar-refractivity contribution in [1.82, 2.24) is 9.88 Å². The van der Waals surface area contributed by atoms with Gasteiger partial charge >= 0.3 is 0 Å². The molecule has 1 aliphatic rings. The van der Waals surface area contributed by atoms with Crippen LogP contribution in [0.15, 0.2) is 18.3 Å². The van der Waals surface area contributed by atoms with Gasteiger partial charge in [-0.05, 0) is 44.1 Å². The van der Waals surface area contributed by atoms with Crippen LogP contribution in [0.1, 0.15) is 18.4 Å². The van der Waals surface area contributed by atoms with Crippen molar-refractivity contribution in [3.05, 3.63) is 23.9 Å². The zero-order chi connectivity index (χ0) is 12.3. The number of hydrogen-bond donors (Lipinski definition) is 1. The molecule has 94 valence electrons. The first kappa shape index (κ1) is 12.3. The third-order valence-electron chi connectivity index (χ3n) is 3.54. The Labute approximate surface area is 103 Å². The molecule has 1 aliphatic heterocycles. The summed E-state index contributed by atoms with van der Waals surface area (Å²) in [5.41, 5.74) is 0.918. The average Bonchev–Trinajstić information content (AvgIpc) is 2.75. The van der Waals surface area contributed by atoms with Crippen molar-refractivity contribution >= 4 is 5.82 Å². The second kappa shape index (κ2) is 5.47. The highest BCUT2D eigenvalue weighted by molar-refractivity contribution is 5.40. The fourth-order valence-corrected chi connectivity index (χ4v) is 2.39. The molecule has 1 atom stereocenters. The lowest BCUT2D eigenvalue weighted by atomic mass is 10.2. The van der Waals surface area contributed by atoms with Crippen molar-refractivity contribution in [2.24, 2.45) is 0 Å². The van der Waals surface area contributed by atoms with E-state index in [4.69, 9.17) is 5.11 Å². The molecule has 1 aromatic heterocycles. The van der Waals surface area contributed by atoms with Gasteiger partial charge in [-0.1, -0.05) is 0 Å². The Morgan fingerprint density at radius 1 is 1.59 bits per heavy atom. The zero-order valence-electron chi connectivity index (χ0n) is 10.6. The Hall–Kier alpha value is -1.13. The van der Waals surface area contributed by atoms with Crippen molar-refractivity contribution in [2.45, 2.75) is 25.5 Å². The van der Waals surface area contributed by atoms with Gasteiger partial charge in [0.1, 0.15) is 5.82 Å². The van der Waals surface area contributed by atoms with Crippen molar-refractivity contribution in [3.63, 3.8) is 0 Å². The summed E-state index contributed by atoms with van der Waals surface area (Å²) in [5.74, 6) is 0.942. The first-order valence-corrected chi connectivity index (χ1v) is 6.18. The monoisotopic (exact) mass is 235 g/mol. The molecule has 0 spiro atoms. The number of hydrogen-bond acceptors (Lipinski definition) is 4. The smallest absolute Gasteiger partial charge is 0.128 e. The predicted molar refractivity (Wildman–Crippen MR) is 69.1 cm³/mol. The molecule has 2 heterocycles. The summed E-state index contributed by atoms with van der Waals surface area (Å²) in [6, 6.07) is 4.42. The summed E-state index contributed by atoms with van der Waals surface area (Å²) in [7, 11) is 4.25. The fourth-order valence-electron chi connectivity index (χ4n) is 2.39. The van der Waals surface area contributed by atoms with E-state index in [0.717, 1.165) is 17.9 Å². The molecular weight excluding hydrogens is 214 g/mol.